The topological polar surface area (TPSA) is 137 Å². The molecule has 41 heavy (non-hydrogen) atoms. The number of halogens is 2. The maximum Gasteiger partial charge on any atom is 0.407 e. The maximum absolute atomic E-state index is 15.0. The van der Waals surface area contributed by atoms with Crippen LogP contribution in [0.5, 0.6) is 0 Å². The van der Waals surface area contributed by atoms with Crippen molar-refractivity contribution in [2.45, 2.75) is 37.7 Å². The number of nitrogens with one attached hydrogen (secondary N) is 2. The molecule has 2 aromatic carbocycles. The Morgan fingerprint density at radius 2 is 1.90 bits per heavy atom. The number of fused-ring (bicyclic) bond motifs is 1. The first-order valence-electron chi connectivity index (χ1n) is 13.0. The summed E-state index contributed by atoms with van der Waals surface area (Å²) in [6.07, 6.45) is -0.268. The molecule has 0 spiro atoms. The summed E-state index contributed by atoms with van der Waals surface area (Å²) >= 11 is 0. The molecule has 0 saturated carbocycles. The van der Waals surface area contributed by atoms with Crippen molar-refractivity contribution in [2.24, 2.45) is 0 Å². The molecule has 13 heteroatoms. The maximum atomic E-state index is 15.0. The molecule has 0 radical (unpaired) electrons. The number of amides is 1. The number of sulfonamides is 1. The van der Waals surface area contributed by atoms with E-state index >= 15 is 4.39 Å². The highest BCUT2D eigenvalue weighted by molar-refractivity contribution is 7.91. The van der Waals surface area contributed by atoms with E-state index < -0.39 is 34.1 Å². The molecule has 0 aliphatic carbocycles. The van der Waals surface area contributed by atoms with E-state index in [0.717, 1.165) is 10.5 Å². The molecule has 2 aromatic heterocycles. The van der Waals surface area contributed by atoms with Crippen LogP contribution in [0.2, 0.25) is 0 Å². The fourth-order valence-corrected chi connectivity index (χ4v) is 6.02. The van der Waals surface area contributed by atoms with Crippen LogP contribution in [0.4, 0.5) is 25.2 Å². The number of nitrogens with zero attached hydrogens (tertiary/aromatic N) is 4. The second-order valence-corrected chi connectivity index (χ2v) is 11.6. The van der Waals surface area contributed by atoms with Crippen LogP contribution < -0.4 is 10.0 Å². The van der Waals surface area contributed by atoms with E-state index in [1.54, 1.807) is 42.5 Å². The van der Waals surface area contributed by atoms with Gasteiger partial charge in [-0.25, -0.2) is 36.9 Å². The van der Waals surface area contributed by atoms with Gasteiger partial charge in [-0.3, -0.25) is 4.72 Å². The van der Waals surface area contributed by atoms with Gasteiger partial charge < -0.3 is 15.3 Å². The predicted octanol–water partition coefficient (Wildman–Crippen LogP) is 4.84. The standard InChI is InChI=1S/C28H28F2N6O4S/c1-2-18-11-24(19-8-9-23(22(30)10-19)35-41(39,40)16-17-6-4-3-5-7-17)33-25-13-31-27(34-26(18)25)32-21-12-20(29)14-36(15-21)28(37)38/h3-11,13,20-21,35H,2,12,14-16H2,1H3,(H,37,38)(H,31,32,34). The SMILES string of the molecule is CCc1cc(-c2ccc(NS(=O)(=O)Cc3ccccc3)c(F)c2)nc2cnc(NC3CC(F)CN(C(=O)O)C3)nc12. The van der Waals surface area contributed by atoms with Crippen LogP contribution in [-0.4, -0.2) is 64.8 Å². The van der Waals surface area contributed by atoms with Crippen LogP contribution in [0.3, 0.4) is 0 Å². The number of carboxylic acid groups (broad SMARTS) is 1. The van der Waals surface area contributed by atoms with Crippen molar-refractivity contribution >= 4 is 38.8 Å². The summed E-state index contributed by atoms with van der Waals surface area (Å²) in [6, 6.07) is 14.1. The van der Waals surface area contributed by atoms with Gasteiger partial charge in [-0.05, 0) is 35.7 Å². The molecule has 3 N–H and O–H groups in total. The number of piperidine rings is 1. The smallest absolute Gasteiger partial charge is 0.407 e. The first-order valence-corrected chi connectivity index (χ1v) is 14.6. The van der Waals surface area contributed by atoms with E-state index in [2.05, 4.69) is 25.0 Å². The van der Waals surface area contributed by atoms with Crippen LogP contribution in [0.25, 0.3) is 22.3 Å². The number of pyridine rings is 1. The van der Waals surface area contributed by atoms with E-state index in [-0.39, 0.29) is 36.9 Å². The highest BCUT2D eigenvalue weighted by atomic mass is 32.2. The summed E-state index contributed by atoms with van der Waals surface area (Å²) in [4.78, 5) is 25.8. The summed E-state index contributed by atoms with van der Waals surface area (Å²) in [5, 5.41) is 12.3. The van der Waals surface area contributed by atoms with Crippen molar-refractivity contribution in [2.75, 3.05) is 23.1 Å². The molecular formula is C28H28F2N6O4S. The fraction of sp³-hybridized carbons (Fsp3) is 0.286. The van der Waals surface area contributed by atoms with Gasteiger partial charge in [0.1, 0.15) is 17.5 Å². The van der Waals surface area contributed by atoms with Crippen molar-refractivity contribution in [1.29, 1.82) is 0 Å². The summed E-state index contributed by atoms with van der Waals surface area (Å²) in [7, 11) is -3.83. The van der Waals surface area contributed by atoms with Gasteiger partial charge in [0.25, 0.3) is 0 Å². The van der Waals surface area contributed by atoms with E-state index in [9.17, 15) is 22.7 Å². The molecular weight excluding hydrogens is 554 g/mol. The summed E-state index contributed by atoms with van der Waals surface area (Å²) in [5.74, 6) is -0.807. The lowest BCUT2D eigenvalue weighted by atomic mass is 10.0. The minimum absolute atomic E-state index is 0.110. The molecule has 5 rings (SSSR count). The third kappa shape index (κ3) is 6.68. The van der Waals surface area contributed by atoms with Crippen LogP contribution >= 0.6 is 0 Å². The first kappa shape index (κ1) is 28.1. The summed E-state index contributed by atoms with van der Waals surface area (Å²) in [6.45, 7) is 1.87. The molecule has 2 unspecified atom stereocenters. The van der Waals surface area contributed by atoms with Crippen molar-refractivity contribution in [3.8, 4) is 11.3 Å². The lowest BCUT2D eigenvalue weighted by Gasteiger charge is -2.33. The van der Waals surface area contributed by atoms with Crippen LogP contribution in [-0.2, 0) is 22.2 Å². The van der Waals surface area contributed by atoms with E-state index in [4.69, 9.17) is 0 Å². The van der Waals surface area contributed by atoms with Crippen LogP contribution in [0.1, 0.15) is 24.5 Å². The van der Waals surface area contributed by atoms with Gasteiger partial charge in [0, 0.05) is 24.6 Å². The van der Waals surface area contributed by atoms with Gasteiger partial charge in [0.15, 0.2) is 0 Å². The van der Waals surface area contributed by atoms with Gasteiger partial charge in [-0.15, -0.1) is 0 Å². The third-order valence-corrected chi connectivity index (χ3v) is 7.98. The number of rotatable bonds is 8. The van der Waals surface area contributed by atoms with E-state index in [1.165, 1.54) is 18.3 Å². The molecule has 214 valence electrons. The second-order valence-electron chi connectivity index (χ2n) is 9.85. The zero-order valence-electron chi connectivity index (χ0n) is 22.1. The van der Waals surface area contributed by atoms with Gasteiger partial charge in [0.05, 0.1) is 35.4 Å². The molecule has 3 heterocycles. The second kappa shape index (κ2) is 11.6. The Morgan fingerprint density at radius 3 is 2.61 bits per heavy atom. The van der Waals surface area contributed by atoms with Crippen molar-refractivity contribution < 1.29 is 27.1 Å². The Kier molecular flexibility index (Phi) is 7.97. The average molecular weight is 583 g/mol. The number of aryl methyl sites for hydroxylation is 1. The van der Waals surface area contributed by atoms with Crippen molar-refractivity contribution in [1.82, 2.24) is 19.9 Å². The normalized spacial score (nSPS) is 17.4. The van der Waals surface area contributed by atoms with Crippen molar-refractivity contribution in [3.05, 3.63) is 77.7 Å². The Balaban J connectivity index is 1.36. The quantitative estimate of drug-likeness (QED) is 0.269. The monoisotopic (exact) mass is 582 g/mol. The van der Waals surface area contributed by atoms with Gasteiger partial charge >= 0.3 is 6.09 Å². The number of alkyl halides is 1. The number of hydrogen-bond donors (Lipinski definition) is 3. The Hall–Kier alpha value is -4.39. The molecule has 2 atom stereocenters. The molecule has 4 aromatic rings. The Labute approximate surface area is 235 Å². The highest BCUT2D eigenvalue weighted by Crippen LogP contribution is 2.28. The largest absolute Gasteiger partial charge is 0.465 e. The van der Waals surface area contributed by atoms with Gasteiger partial charge in [0.2, 0.25) is 16.0 Å². The lowest BCUT2D eigenvalue weighted by Crippen LogP contribution is -2.49. The van der Waals surface area contributed by atoms with Gasteiger partial charge in [-0.2, -0.15) is 0 Å². The molecule has 1 amide bonds. The van der Waals surface area contributed by atoms with Gasteiger partial charge in [-0.1, -0.05) is 43.3 Å². The number of carbonyl (C=O) groups is 1. The first-order chi connectivity index (χ1) is 19.6. The zero-order chi connectivity index (χ0) is 29.1. The Bertz CT molecular complexity index is 1690. The number of likely N-dealkylation sites (tertiary alicyclic amines) is 1. The summed E-state index contributed by atoms with van der Waals surface area (Å²) in [5.41, 5.74) is 3.14. The molecule has 1 aliphatic heterocycles. The number of hydrogen-bond acceptors (Lipinski definition) is 7. The summed E-state index contributed by atoms with van der Waals surface area (Å²) < 4.78 is 56.6. The highest BCUT2D eigenvalue weighted by Gasteiger charge is 2.30. The van der Waals surface area contributed by atoms with Crippen LogP contribution in [0.15, 0.2) is 60.8 Å². The minimum atomic E-state index is -3.83. The molecule has 1 saturated heterocycles. The molecule has 1 aliphatic rings. The third-order valence-electron chi connectivity index (χ3n) is 6.74. The predicted molar refractivity (Wildman–Crippen MR) is 151 cm³/mol. The molecule has 10 nitrogen and oxygen atoms in total. The van der Waals surface area contributed by atoms with E-state index in [1.807, 2.05) is 6.92 Å². The van der Waals surface area contributed by atoms with Crippen LogP contribution in [0, 0.1) is 5.82 Å². The fourth-order valence-electron chi connectivity index (χ4n) is 4.81. The number of benzene rings is 2. The Morgan fingerprint density at radius 1 is 1.12 bits per heavy atom. The number of aromatic nitrogens is 3. The average Bonchev–Trinajstić information content (AvgIpc) is 2.93. The zero-order valence-corrected chi connectivity index (χ0v) is 22.9. The number of anilines is 2. The lowest BCUT2D eigenvalue weighted by molar-refractivity contribution is 0.102. The van der Waals surface area contributed by atoms with Crippen molar-refractivity contribution in [3.63, 3.8) is 0 Å². The minimum Gasteiger partial charge on any atom is -0.465 e. The molecule has 1 fully saturated rings. The van der Waals surface area contributed by atoms with E-state index in [0.29, 0.717) is 34.3 Å². The molecule has 0 bridgehead atoms.